The van der Waals surface area contributed by atoms with Crippen molar-refractivity contribution >= 4 is 11.7 Å². The average molecular weight is 270 g/mol. The minimum Gasteiger partial charge on any atom is -0.491 e. The number of hydrogen-bond donors (Lipinski definition) is 1. The van der Waals surface area contributed by atoms with Crippen LogP contribution in [0.4, 0.5) is 5.69 Å². The number of rotatable bonds is 2. The molecule has 0 unspecified atom stereocenters. The SMILES string of the molecule is O=C(O)c1cnccc1N1CCOc2ccccc2C1. The van der Waals surface area contributed by atoms with Crippen LogP contribution in [0.5, 0.6) is 5.75 Å². The third-order valence-corrected chi connectivity index (χ3v) is 3.32. The molecule has 2 aromatic rings. The molecule has 0 atom stereocenters. The van der Waals surface area contributed by atoms with Crippen LogP contribution >= 0.6 is 0 Å². The molecule has 0 fully saturated rings. The molecule has 1 N–H and O–H groups in total. The van der Waals surface area contributed by atoms with Crippen molar-refractivity contribution in [2.45, 2.75) is 6.54 Å². The van der Waals surface area contributed by atoms with Crippen LogP contribution in [0.25, 0.3) is 0 Å². The predicted octanol–water partition coefficient (Wildman–Crippen LogP) is 2.18. The third kappa shape index (κ3) is 2.30. The van der Waals surface area contributed by atoms with Crippen molar-refractivity contribution in [2.24, 2.45) is 0 Å². The number of anilines is 1. The molecule has 2 heterocycles. The lowest BCUT2D eigenvalue weighted by atomic mass is 10.1. The van der Waals surface area contributed by atoms with E-state index in [4.69, 9.17) is 4.74 Å². The topological polar surface area (TPSA) is 62.7 Å². The summed E-state index contributed by atoms with van der Waals surface area (Å²) in [5.74, 6) is -0.104. The van der Waals surface area contributed by atoms with Crippen molar-refractivity contribution in [2.75, 3.05) is 18.1 Å². The van der Waals surface area contributed by atoms with Gasteiger partial charge >= 0.3 is 5.97 Å². The third-order valence-electron chi connectivity index (χ3n) is 3.32. The van der Waals surface area contributed by atoms with Crippen LogP contribution in [0, 0.1) is 0 Å². The summed E-state index contributed by atoms with van der Waals surface area (Å²) in [5.41, 5.74) is 1.94. The van der Waals surface area contributed by atoms with Crippen LogP contribution in [0.3, 0.4) is 0 Å². The molecule has 0 saturated carbocycles. The monoisotopic (exact) mass is 270 g/mol. The first-order chi connectivity index (χ1) is 9.75. The van der Waals surface area contributed by atoms with Gasteiger partial charge in [0, 0.05) is 24.5 Å². The number of fused-ring (bicyclic) bond motifs is 1. The highest BCUT2D eigenvalue weighted by atomic mass is 16.5. The summed E-state index contributed by atoms with van der Waals surface area (Å²) < 4.78 is 5.70. The van der Waals surface area contributed by atoms with E-state index in [0.717, 1.165) is 11.3 Å². The highest BCUT2D eigenvalue weighted by molar-refractivity contribution is 5.94. The maximum atomic E-state index is 11.3. The second kappa shape index (κ2) is 5.21. The number of hydrogen-bond acceptors (Lipinski definition) is 4. The van der Waals surface area contributed by atoms with E-state index in [2.05, 4.69) is 4.98 Å². The molecule has 0 bridgehead atoms. The molecule has 0 spiro atoms. The number of carbonyl (C=O) groups is 1. The van der Waals surface area contributed by atoms with Crippen molar-refractivity contribution < 1.29 is 14.6 Å². The van der Waals surface area contributed by atoms with Gasteiger partial charge in [-0.05, 0) is 12.1 Å². The van der Waals surface area contributed by atoms with Crippen LogP contribution in [0.2, 0.25) is 0 Å². The second-order valence-electron chi connectivity index (χ2n) is 4.58. The number of ether oxygens (including phenoxy) is 1. The Morgan fingerprint density at radius 1 is 1.30 bits per heavy atom. The quantitative estimate of drug-likeness (QED) is 0.906. The van der Waals surface area contributed by atoms with E-state index in [0.29, 0.717) is 25.4 Å². The van der Waals surface area contributed by atoms with Crippen LogP contribution in [-0.4, -0.2) is 29.2 Å². The first-order valence-corrected chi connectivity index (χ1v) is 6.38. The molecule has 1 aromatic carbocycles. The van der Waals surface area contributed by atoms with Gasteiger partial charge in [0.25, 0.3) is 0 Å². The fraction of sp³-hybridized carbons (Fsp3) is 0.200. The largest absolute Gasteiger partial charge is 0.491 e. The Balaban J connectivity index is 1.98. The fourth-order valence-electron chi connectivity index (χ4n) is 2.36. The highest BCUT2D eigenvalue weighted by Gasteiger charge is 2.20. The van der Waals surface area contributed by atoms with E-state index in [1.54, 1.807) is 12.3 Å². The lowest BCUT2D eigenvalue weighted by molar-refractivity contribution is 0.0697. The van der Waals surface area contributed by atoms with Gasteiger partial charge in [0.2, 0.25) is 0 Å². The van der Waals surface area contributed by atoms with Gasteiger partial charge in [-0.15, -0.1) is 0 Å². The highest BCUT2D eigenvalue weighted by Crippen LogP contribution is 2.27. The molecule has 5 heteroatoms. The summed E-state index contributed by atoms with van der Waals surface area (Å²) in [6, 6.07) is 9.55. The number of aromatic carboxylic acids is 1. The van der Waals surface area contributed by atoms with Gasteiger partial charge in [-0.3, -0.25) is 4.98 Å². The molecule has 0 aliphatic carbocycles. The van der Waals surface area contributed by atoms with Crippen molar-refractivity contribution in [3.8, 4) is 5.75 Å². The van der Waals surface area contributed by atoms with Crippen LogP contribution in [-0.2, 0) is 6.54 Å². The normalized spacial score (nSPS) is 14.1. The number of benzene rings is 1. The number of aromatic nitrogens is 1. The Labute approximate surface area is 116 Å². The zero-order valence-corrected chi connectivity index (χ0v) is 10.8. The standard InChI is InChI=1S/C15H14N2O3/c18-15(19)12-9-16-6-5-13(12)17-7-8-20-14-4-2-1-3-11(14)10-17/h1-6,9H,7-8,10H2,(H,18,19). The lowest BCUT2D eigenvalue weighted by Gasteiger charge is -2.23. The Morgan fingerprint density at radius 3 is 3.00 bits per heavy atom. The van der Waals surface area contributed by atoms with Gasteiger partial charge < -0.3 is 14.7 Å². The predicted molar refractivity (Wildman–Crippen MR) is 74.2 cm³/mol. The Bertz CT molecular complexity index is 643. The molecular formula is C15H14N2O3. The van der Waals surface area contributed by atoms with E-state index in [1.807, 2.05) is 29.2 Å². The average Bonchev–Trinajstić information content (AvgIpc) is 2.69. The maximum absolute atomic E-state index is 11.3. The summed E-state index contributed by atoms with van der Waals surface area (Å²) in [6.45, 7) is 1.79. The second-order valence-corrected chi connectivity index (χ2v) is 4.58. The van der Waals surface area contributed by atoms with Crippen molar-refractivity contribution in [1.82, 2.24) is 4.98 Å². The number of nitrogens with zero attached hydrogens (tertiary/aromatic N) is 2. The molecule has 102 valence electrons. The van der Waals surface area contributed by atoms with Gasteiger partial charge in [0.05, 0.1) is 12.2 Å². The first-order valence-electron chi connectivity index (χ1n) is 6.38. The molecule has 5 nitrogen and oxygen atoms in total. The number of carboxylic acid groups (broad SMARTS) is 1. The van der Waals surface area contributed by atoms with Crippen molar-refractivity contribution in [3.05, 3.63) is 53.9 Å². The number of pyridine rings is 1. The maximum Gasteiger partial charge on any atom is 0.339 e. The Kier molecular flexibility index (Phi) is 3.25. The van der Waals surface area contributed by atoms with Crippen molar-refractivity contribution in [1.29, 1.82) is 0 Å². The summed E-state index contributed by atoms with van der Waals surface area (Å²) in [5, 5.41) is 9.26. The molecule has 0 radical (unpaired) electrons. The molecule has 0 amide bonds. The minimum atomic E-state index is -0.966. The molecule has 1 aliphatic rings. The molecular weight excluding hydrogens is 256 g/mol. The van der Waals surface area contributed by atoms with E-state index in [9.17, 15) is 9.90 Å². The number of carboxylic acids is 1. The summed E-state index contributed by atoms with van der Waals surface area (Å²) in [6.07, 6.45) is 2.99. The zero-order valence-electron chi connectivity index (χ0n) is 10.8. The summed E-state index contributed by atoms with van der Waals surface area (Å²) >= 11 is 0. The molecule has 3 rings (SSSR count). The Morgan fingerprint density at radius 2 is 2.15 bits per heavy atom. The smallest absolute Gasteiger partial charge is 0.339 e. The minimum absolute atomic E-state index is 0.215. The van der Waals surface area contributed by atoms with Crippen LogP contribution in [0.15, 0.2) is 42.7 Å². The van der Waals surface area contributed by atoms with Crippen LogP contribution in [0.1, 0.15) is 15.9 Å². The fourth-order valence-corrected chi connectivity index (χ4v) is 2.36. The van der Waals surface area contributed by atoms with Gasteiger partial charge in [-0.2, -0.15) is 0 Å². The van der Waals surface area contributed by atoms with Gasteiger partial charge in [-0.25, -0.2) is 4.79 Å². The zero-order chi connectivity index (χ0) is 13.9. The number of para-hydroxylation sites is 1. The molecule has 20 heavy (non-hydrogen) atoms. The summed E-state index contributed by atoms with van der Waals surface area (Å²) in [7, 11) is 0. The van der Waals surface area contributed by atoms with Crippen molar-refractivity contribution in [3.63, 3.8) is 0 Å². The van der Waals surface area contributed by atoms with E-state index >= 15 is 0 Å². The summed E-state index contributed by atoms with van der Waals surface area (Å²) in [4.78, 5) is 17.2. The van der Waals surface area contributed by atoms with Gasteiger partial charge in [0.1, 0.15) is 17.9 Å². The lowest BCUT2D eigenvalue weighted by Crippen LogP contribution is -2.27. The van der Waals surface area contributed by atoms with Crippen LogP contribution < -0.4 is 9.64 Å². The van der Waals surface area contributed by atoms with E-state index < -0.39 is 5.97 Å². The van der Waals surface area contributed by atoms with Gasteiger partial charge in [0.15, 0.2) is 0 Å². The van der Waals surface area contributed by atoms with E-state index in [1.165, 1.54) is 6.20 Å². The van der Waals surface area contributed by atoms with Gasteiger partial charge in [-0.1, -0.05) is 18.2 Å². The molecule has 1 aromatic heterocycles. The first kappa shape index (κ1) is 12.5. The molecule has 1 aliphatic heterocycles. The molecule has 0 saturated heterocycles. The Hall–Kier alpha value is -2.56. The van der Waals surface area contributed by atoms with E-state index in [-0.39, 0.29) is 5.56 Å².